The molecule has 5 N–H and O–H groups in total. The molecule has 71 heavy (non-hydrogen) atoms. The minimum Gasteiger partial charge on any atom is -0.496 e. The van der Waals surface area contributed by atoms with Crippen LogP contribution in [0.5, 0.6) is 11.5 Å². The number of benzene rings is 3. The summed E-state index contributed by atoms with van der Waals surface area (Å²) in [6.45, 7) is 1.71. The molecule has 0 aromatic heterocycles. The summed E-state index contributed by atoms with van der Waals surface area (Å²) >= 11 is 15.7. The lowest BCUT2D eigenvalue weighted by Crippen LogP contribution is -2.51. The van der Waals surface area contributed by atoms with Gasteiger partial charge < -0.3 is 50.3 Å². The number of nitrogens with one attached hydrogen (secondary N) is 5. The minimum absolute atomic E-state index is 0.0511. The van der Waals surface area contributed by atoms with Crippen LogP contribution in [0.2, 0.25) is 10.0 Å². The van der Waals surface area contributed by atoms with E-state index in [4.69, 9.17) is 46.9 Å². The molecule has 18 nitrogen and oxygen atoms in total. The molecule has 3 heterocycles. The number of methoxy groups -OCH3 is 3. The number of hydrogen-bond acceptors (Lipinski definition) is 14. The molecule has 0 radical (unpaired) electrons. The SMILES string of the molecule is COC(=O)[C@H](Cc1ccc(-c2c(OC)cc(CSCCOCCOCC(=O)NCCNC(=O)CCCC[C@H]3SC[C@H]4NC(=O)N[C@H]43)cc2OC)cc1)NC(=O)[C@@H]1CCCN1S(=O)(=O)c1cc(Cl)cc(Cl)c1. The van der Waals surface area contributed by atoms with Gasteiger partial charge in [-0.25, -0.2) is 18.0 Å². The third-order valence-electron chi connectivity index (χ3n) is 12.1. The fourth-order valence-corrected chi connectivity index (χ4v) is 13.3. The van der Waals surface area contributed by atoms with Crippen LogP contribution in [-0.2, 0) is 55.6 Å². The number of rotatable bonds is 28. The van der Waals surface area contributed by atoms with Gasteiger partial charge in [-0.2, -0.15) is 27.8 Å². The summed E-state index contributed by atoms with van der Waals surface area (Å²) in [6, 6.07) is 13.4. The third-order valence-corrected chi connectivity index (χ3v) is 16.9. The molecule has 3 aromatic rings. The first-order valence-corrected chi connectivity index (χ1v) is 27.8. The summed E-state index contributed by atoms with van der Waals surface area (Å²) in [5.74, 6) is 1.87. The number of nitrogens with zero attached hydrogens (tertiary/aromatic N) is 1. The maximum Gasteiger partial charge on any atom is 0.328 e. The Balaban J connectivity index is 0.866. The predicted molar refractivity (Wildman–Crippen MR) is 274 cm³/mol. The molecule has 3 aromatic carbocycles. The monoisotopic (exact) mass is 1080 g/mol. The molecular formula is C48H62Cl2N6O12S3. The van der Waals surface area contributed by atoms with Crippen LogP contribution >= 0.6 is 46.7 Å². The molecule has 0 unspecified atom stereocenters. The summed E-state index contributed by atoms with van der Waals surface area (Å²) in [5, 5.41) is 14.9. The molecule has 3 fully saturated rings. The molecule has 23 heteroatoms. The lowest BCUT2D eigenvalue weighted by Gasteiger charge is -2.25. The van der Waals surface area contributed by atoms with Crippen LogP contribution < -0.4 is 36.1 Å². The van der Waals surface area contributed by atoms with Gasteiger partial charge in [-0.15, -0.1) is 0 Å². The number of carbonyl (C=O) groups excluding carboxylic acids is 5. The molecule has 3 aliphatic rings. The highest BCUT2D eigenvalue weighted by atomic mass is 35.5. The zero-order valence-electron chi connectivity index (χ0n) is 39.9. The summed E-state index contributed by atoms with van der Waals surface area (Å²) in [4.78, 5) is 62.4. The normalized spacial score (nSPS) is 19.0. The zero-order chi connectivity index (χ0) is 50.9. The van der Waals surface area contributed by atoms with Crippen molar-refractivity contribution in [1.82, 2.24) is 30.9 Å². The van der Waals surface area contributed by atoms with Crippen molar-refractivity contribution in [2.75, 3.05) is 78.9 Å². The first-order valence-electron chi connectivity index (χ1n) is 23.4. The second-order valence-corrected chi connectivity index (χ2v) is 22.2. The lowest BCUT2D eigenvalue weighted by atomic mass is 9.98. The summed E-state index contributed by atoms with van der Waals surface area (Å²) in [5.41, 5.74) is 3.22. The van der Waals surface area contributed by atoms with E-state index in [9.17, 15) is 32.4 Å². The number of esters is 1. The molecule has 6 rings (SSSR count). The van der Waals surface area contributed by atoms with E-state index < -0.39 is 34.0 Å². The van der Waals surface area contributed by atoms with E-state index in [-0.39, 0.29) is 77.5 Å². The summed E-state index contributed by atoms with van der Waals surface area (Å²) in [7, 11) is 0.258. The molecule has 3 saturated heterocycles. The highest BCUT2D eigenvalue weighted by molar-refractivity contribution is 8.00. The van der Waals surface area contributed by atoms with Gasteiger partial charge in [-0.3, -0.25) is 14.4 Å². The predicted octanol–water partition coefficient (Wildman–Crippen LogP) is 4.96. The second kappa shape index (κ2) is 27.5. The number of thioether (sulfide) groups is 2. The van der Waals surface area contributed by atoms with Gasteiger partial charge in [0.15, 0.2) is 0 Å². The van der Waals surface area contributed by atoms with Gasteiger partial charge in [0, 0.05) is 65.0 Å². The Bertz CT molecular complexity index is 2390. The minimum atomic E-state index is -4.13. The number of sulfonamides is 1. The van der Waals surface area contributed by atoms with Gasteiger partial charge in [0.2, 0.25) is 27.7 Å². The van der Waals surface area contributed by atoms with Crippen molar-refractivity contribution in [2.45, 2.75) is 85.0 Å². The Labute approximate surface area is 433 Å². The number of fused-ring (bicyclic) bond motifs is 1. The maximum atomic E-state index is 13.6. The molecule has 0 aliphatic carbocycles. The first kappa shape index (κ1) is 55.8. The Hall–Kier alpha value is -4.48. The Kier molecular flexibility index (Phi) is 21.7. The third kappa shape index (κ3) is 16.0. The van der Waals surface area contributed by atoms with Gasteiger partial charge in [0.05, 0.1) is 63.7 Å². The number of hydrogen-bond donors (Lipinski definition) is 5. The van der Waals surface area contributed by atoms with Crippen LogP contribution in [0, 0.1) is 0 Å². The average Bonchev–Trinajstić information content (AvgIpc) is 4.10. The van der Waals surface area contributed by atoms with E-state index in [0.29, 0.717) is 73.0 Å². The molecule has 5 atom stereocenters. The maximum absolute atomic E-state index is 13.6. The number of ether oxygens (including phenoxy) is 5. The van der Waals surface area contributed by atoms with E-state index in [1.807, 2.05) is 48.2 Å². The van der Waals surface area contributed by atoms with Crippen LogP contribution in [0.4, 0.5) is 4.79 Å². The van der Waals surface area contributed by atoms with Crippen LogP contribution in [0.25, 0.3) is 11.1 Å². The molecule has 3 aliphatic heterocycles. The lowest BCUT2D eigenvalue weighted by molar-refractivity contribution is -0.145. The Morgan fingerprint density at radius 1 is 0.873 bits per heavy atom. The van der Waals surface area contributed by atoms with Crippen LogP contribution in [0.15, 0.2) is 59.5 Å². The van der Waals surface area contributed by atoms with E-state index in [0.717, 1.165) is 46.0 Å². The van der Waals surface area contributed by atoms with Crippen LogP contribution in [0.3, 0.4) is 0 Å². The van der Waals surface area contributed by atoms with Crippen molar-refractivity contribution in [3.63, 3.8) is 0 Å². The fraction of sp³-hybridized carbons (Fsp3) is 0.521. The number of halogens is 2. The van der Waals surface area contributed by atoms with Crippen molar-refractivity contribution >= 4 is 86.5 Å². The van der Waals surface area contributed by atoms with Crippen LogP contribution in [0.1, 0.15) is 49.7 Å². The van der Waals surface area contributed by atoms with Crippen molar-refractivity contribution in [3.05, 3.63) is 75.8 Å². The van der Waals surface area contributed by atoms with Crippen molar-refractivity contribution in [2.24, 2.45) is 0 Å². The smallest absolute Gasteiger partial charge is 0.328 e. The molecule has 5 amide bonds. The Morgan fingerprint density at radius 3 is 2.25 bits per heavy atom. The molecular weight excluding hydrogens is 1020 g/mol. The van der Waals surface area contributed by atoms with Crippen molar-refractivity contribution < 1.29 is 56.1 Å². The van der Waals surface area contributed by atoms with E-state index in [1.54, 1.807) is 26.0 Å². The van der Waals surface area contributed by atoms with Crippen molar-refractivity contribution in [3.8, 4) is 22.6 Å². The first-order chi connectivity index (χ1) is 34.2. The van der Waals surface area contributed by atoms with Gasteiger partial charge in [0.25, 0.3) is 0 Å². The molecule has 388 valence electrons. The van der Waals surface area contributed by atoms with Gasteiger partial charge in [-0.05, 0) is 72.7 Å². The highest BCUT2D eigenvalue weighted by Gasteiger charge is 2.43. The summed E-state index contributed by atoms with van der Waals surface area (Å²) in [6.07, 6.45) is 3.84. The number of carbonyl (C=O) groups is 5. The van der Waals surface area contributed by atoms with Gasteiger partial charge in [-0.1, -0.05) is 53.9 Å². The number of amides is 5. The van der Waals surface area contributed by atoms with Gasteiger partial charge in [0.1, 0.15) is 30.2 Å². The van der Waals surface area contributed by atoms with E-state index >= 15 is 0 Å². The number of unbranched alkanes of at least 4 members (excludes halogenated alkanes) is 1. The van der Waals surface area contributed by atoms with Crippen LogP contribution in [-0.4, -0.2) is 151 Å². The van der Waals surface area contributed by atoms with Gasteiger partial charge >= 0.3 is 12.0 Å². The molecule has 0 spiro atoms. The number of urea groups is 1. The average molecular weight is 1080 g/mol. The van der Waals surface area contributed by atoms with E-state index in [2.05, 4.69) is 26.6 Å². The summed E-state index contributed by atoms with van der Waals surface area (Å²) < 4.78 is 56.1. The van der Waals surface area contributed by atoms with Crippen molar-refractivity contribution in [1.29, 1.82) is 0 Å². The molecule has 0 saturated carbocycles. The fourth-order valence-electron chi connectivity index (χ4n) is 8.59. The second-order valence-electron chi connectivity index (χ2n) is 17.0. The topological polar surface area (TPSA) is 229 Å². The quantitative estimate of drug-likeness (QED) is 0.0368. The standard InChI is InChI=1S/C48H62Cl2N6O12S3/c1-64-39-22-31(28-69-20-19-67-17-18-68-27-43(58)52-15-14-51-42(57)9-5-4-8-41-45-37(29-70-41)54-48(61)55-45)23-40(65-2)44(39)32-12-10-30(11-13-32)21-36(47(60)66-3)53-46(59)38-7-6-16-56(38)71(62,63)35-25-33(49)24-34(50)26-35/h10-13,22-26,36-38,41,45H,4-9,14-21,27-29H2,1-3H3,(H,51,57)(H,52,58)(H,53,59)(H2,54,55,61)/t36-,37+,38-,41+,45+/m0/s1. The van der Waals surface area contributed by atoms with E-state index in [1.165, 1.54) is 25.3 Å². The Morgan fingerprint density at radius 2 is 1.56 bits per heavy atom. The highest BCUT2D eigenvalue weighted by Crippen LogP contribution is 2.41. The zero-order valence-corrected chi connectivity index (χ0v) is 43.9. The largest absolute Gasteiger partial charge is 0.496 e. The molecule has 0 bridgehead atoms.